The molecule has 0 radical (unpaired) electrons. The van der Waals surface area contributed by atoms with E-state index < -0.39 is 0 Å². The monoisotopic (exact) mass is 262 g/mol. The average molecular weight is 262 g/mol. The van der Waals surface area contributed by atoms with E-state index in [1.54, 1.807) is 12.0 Å². The third-order valence-electron chi connectivity index (χ3n) is 3.86. The number of carbonyl (C=O) groups is 1. The highest BCUT2D eigenvalue weighted by Gasteiger charge is 2.32. The fourth-order valence-corrected chi connectivity index (χ4v) is 2.75. The molecular formula is C15H22N2O2. The van der Waals surface area contributed by atoms with Gasteiger partial charge in [-0.2, -0.15) is 0 Å². The zero-order valence-electron chi connectivity index (χ0n) is 11.6. The summed E-state index contributed by atoms with van der Waals surface area (Å²) in [5, 5.41) is 0. The van der Waals surface area contributed by atoms with Crippen LogP contribution in [0.3, 0.4) is 0 Å². The van der Waals surface area contributed by atoms with Crippen molar-refractivity contribution in [1.82, 2.24) is 4.90 Å². The van der Waals surface area contributed by atoms with Gasteiger partial charge < -0.3 is 15.4 Å². The van der Waals surface area contributed by atoms with Crippen molar-refractivity contribution >= 4 is 5.91 Å². The number of hydrogen-bond acceptors (Lipinski definition) is 3. The second-order valence-electron chi connectivity index (χ2n) is 5.21. The molecule has 0 aliphatic heterocycles. The van der Waals surface area contributed by atoms with Gasteiger partial charge in [-0.25, -0.2) is 0 Å². The number of nitrogens with zero attached hydrogens (tertiary/aromatic N) is 1. The largest absolute Gasteiger partial charge is 0.496 e. The Morgan fingerprint density at radius 1 is 1.42 bits per heavy atom. The van der Waals surface area contributed by atoms with Gasteiger partial charge in [0.1, 0.15) is 5.75 Å². The van der Waals surface area contributed by atoms with E-state index in [1.807, 2.05) is 31.3 Å². The summed E-state index contributed by atoms with van der Waals surface area (Å²) in [7, 11) is 3.48. The van der Waals surface area contributed by atoms with Crippen LogP contribution in [-0.2, 0) is 11.3 Å². The first-order chi connectivity index (χ1) is 9.13. The number of rotatable bonds is 4. The van der Waals surface area contributed by atoms with Crippen molar-refractivity contribution in [2.45, 2.75) is 31.8 Å². The number of carbonyl (C=O) groups excluding carboxylic acids is 1. The molecule has 1 aliphatic carbocycles. The number of nitrogens with two attached hydrogens (primary N) is 1. The second kappa shape index (κ2) is 6.06. The van der Waals surface area contributed by atoms with Crippen LogP contribution in [-0.4, -0.2) is 31.0 Å². The molecule has 0 bridgehead atoms. The van der Waals surface area contributed by atoms with Crippen LogP contribution in [0.4, 0.5) is 0 Å². The highest BCUT2D eigenvalue weighted by molar-refractivity contribution is 5.79. The van der Waals surface area contributed by atoms with Crippen LogP contribution in [0.5, 0.6) is 5.75 Å². The van der Waals surface area contributed by atoms with E-state index in [0.29, 0.717) is 6.54 Å². The number of methoxy groups -OCH3 is 1. The molecule has 1 fully saturated rings. The van der Waals surface area contributed by atoms with Gasteiger partial charge in [-0.05, 0) is 18.9 Å². The summed E-state index contributed by atoms with van der Waals surface area (Å²) in [6, 6.07) is 7.80. The minimum atomic E-state index is -0.0142. The van der Waals surface area contributed by atoms with Gasteiger partial charge in [0, 0.05) is 25.2 Å². The molecule has 1 aromatic rings. The summed E-state index contributed by atoms with van der Waals surface area (Å²) < 4.78 is 5.31. The molecule has 19 heavy (non-hydrogen) atoms. The highest BCUT2D eigenvalue weighted by Crippen LogP contribution is 2.27. The Kier molecular flexibility index (Phi) is 4.43. The Bertz CT molecular complexity index is 448. The standard InChI is InChI=1S/C15H22N2O2/c1-17(15(18)12-7-5-8-13(12)16)10-11-6-3-4-9-14(11)19-2/h3-4,6,9,12-13H,5,7-8,10,16H2,1-2H3. The van der Waals surface area contributed by atoms with E-state index in [0.717, 1.165) is 30.6 Å². The van der Waals surface area contributed by atoms with Crippen molar-refractivity contribution in [3.63, 3.8) is 0 Å². The molecule has 4 heteroatoms. The molecule has 2 N–H and O–H groups in total. The highest BCUT2D eigenvalue weighted by atomic mass is 16.5. The fourth-order valence-electron chi connectivity index (χ4n) is 2.75. The Morgan fingerprint density at radius 2 is 2.16 bits per heavy atom. The summed E-state index contributed by atoms with van der Waals surface area (Å²) in [4.78, 5) is 14.1. The molecule has 2 atom stereocenters. The Balaban J connectivity index is 2.04. The predicted molar refractivity (Wildman–Crippen MR) is 74.8 cm³/mol. The van der Waals surface area contributed by atoms with Crippen LogP contribution in [0.2, 0.25) is 0 Å². The summed E-state index contributed by atoms with van der Waals surface area (Å²) in [6.07, 6.45) is 2.93. The molecule has 1 saturated carbocycles. The van der Waals surface area contributed by atoms with E-state index in [4.69, 9.17) is 10.5 Å². The van der Waals surface area contributed by atoms with Crippen molar-refractivity contribution < 1.29 is 9.53 Å². The third kappa shape index (κ3) is 3.07. The summed E-state index contributed by atoms with van der Waals surface area (Å²) in [5.74, 6) is 0.952. The van der Waals surface area contributed by atoms with Gasteiger partial charge in [0.05, 0.1) is 13.0 Å². The molecule has 0 saturated heterocycles. The normalized spacial score (nSPS) is 22.3. The second-order valence-corrected chi connectivity index (χ2v) is 5.21. The molecule has 0 spiro atoms. The van der Waals surface area contributed by atoms with Gasteiger partial charge in [0.15, 0.2) is 0 Å². The van der Waals surface area contributed by atoms with Gasteiger partial charge >= 0.3 is 0 Å². The first kappa shape index (κ1) is 13.9. The zero-order valence-corrected chi connectivity index (χ0v) is 11.6. The smallest absolute Gasteiger partial charge is 0.227 e. The molecule has 1 aliphatic rings. The Labute approximate surface area is 114 Å². The number of hydrogen-bond donors (Lipinski definition) is 1. The van der Waals surface area contributed by atoms with E-state index in [-0.39, 0.29) is 17.9 Å². The van der Waals surface area contributed by atoms with Gasteiger partial charge in [-0.3, -0.25) is 4.79 Å². The summed E-state index contributed by atoms with van der Waals surface area (Å²) in [6.45, 7) is 0.562. The first-order valence-corrected chi connectivity index (χ1v) is 6.76. The Morgan fingerprint density at radius 3 is 2.79 bits per heavy atom. The van der Waals surface area contributed by atoms with Crippen LogP contribution in [0.15, 0.2) is 24.3 Å². The molecule has 0 aromatic heterocycles. The molecule has 0 heterocycles. The summed E-state index contributed by atoms with van der Waals surface area (Å²) in [5.41, 5.74) is 7.02. The maximum atomic E-state index is 12.4. The van der Waals surface area contributed by atoms with Crippen molar-refractivity contribution in [3.05, 3.63) is 29.8 Å². The van der Waals surface area contributed by atoms with E-state index in [1.165, 1.54) is 0 Å². The number of ether oxygens (including phenoxy) is 1. The molecular weight excluding hydrogens is 240 g/mol. The lowest BCUT2D eigenvalue weighted by Gasteiger charge is -2.24. The first-order valence-electron chi connectivity index (χ1n) is 6.76. The van der Waals surface area contributed by atoms with E-state index in [9.17, 15) is 4.79 Å². The van der Waals surface area contributed by atoms with E-state index >= 15 is 0 Å². The lowest BCUT2D eigenvalue weighted by molar-refractivity contribution is -0.134. The maximum Gasteiger partial charge on any atom is 0.227 e. The van der Waals surface area contributed by atoms with E-state index in [2.05, 4.69) is 0 Å². The average Bonchev–Trinajstić information content (AvgIpc) is 2.84. The van der Waals surface area contributed by atoms with Crippen molar-refractivity contribution in [3.8, 4) is 5.75 Å². The van der Waals surface area contributed by atoms with Gasteiger partial charge in [0.25, 0.3) is 0 Å². The minimum absolute atomic E-state index is 0.0142. The molecule has 2 rings (SSSR count). The molecule has 1 aromatic carbocycles. The number of amides is 1. The van der Waals surface area contributed by atoms with Gasteiger partial charge in [0.2, 0.25) is 5.91 Å². The van der Waals surface area contributed by atoms with Crippen LogP contribution >= 0.6 is 0 Å². The maximum absolute atomic E-state index is 12.4. The summed E-state index contributed by atoms with van der Waals surface area (Å²) >= 11 is 0. The number of benzene rings is 1. The molecule has 104 valence electrons. The molecule has 1 amide bonds. The SMILES string of the molecule is COc1ccccc1CN(C)C(=O)C1CCCC1N. The third-order valence-corrected chi connectivity index (χ3v) is 3.86. The van der Waals surface area contributed by atoms with Crippen molar-refractivity contribution in [2.24, 2.45) is 11.7 Å². The molecule has 4 nitrogen and oxygen atoms in total. The van der Waals surface area contributed by atoms with Crippen molar-refractivity contribution in [2.75, 3.05) is 14.2 Å². The molecule has 2 unspecified atom stereocenters. The van der Waals surface area contributed by atoms with Gasteiger partial charge in [-0.15, -0.1) is 0 Å². The van der Waals surface area contributed by atoms with Crippen LogP contribution in [0, 0.1) is 5.92 Å². The Hall–Kier alpha value is -1.55. The topological polar surface area (TPSA) is 55.6 Å². The zero-order chi connectivity index (χ0) is 13.8. The van der Waals surface area contributed by atoms with Crippen LogP contribution < -0.4 is 10.5 Å². The minimum Gasteiger partial charge on any atom is -0.496 e. The lowest BCUT2D eigenvalue weighted by atomic mass is 10.0. The van der Waals surface area contributed by atoms with Crippen molar-refractivity contribution in [1.29, 1.82) is 0 Å². The van der Waals surface area contributed by atoms with Crippen LogP contribution in [0.1, 0.15) is 24.8 Å². The number of para-hydroxylation sites is 1. The van der Waals surface area contributed by atoms with Crippen LogP contribution in [0.25, 0.3) is 0 Å². The lowest BCUT2D eigenvalue weighted by Crippen LogP contribution is -2.39. The van der Waals surface area contributed by atoms with Gasteiger partial charge in [-0.1, -0.05) is 24.6 Å². The fraction of sp³-hybridized carbons (Fsp3) is 0.533. The quantitative estimate of drug-likeness (QED) is 0.900. The predicted octanol–water partition coefficient (Wildman–Crippen LogP) is 1.78.